The maximum absolute atomic E-state index is 2.37. The Balaban J connectivity index is 1.59. The molecule has 0 heteroatoms. The van der Waals surface area contributed by atoms with Crippen LogP contribution in [0, 0.1) is 20.8 Å². The van der Waals surface area contributed by atoms with E-state index in [4.69, 9.17) is 0 Å². The second-order valence-corrected chi connectivity index (χ2v) is 10.5. The zero-order chi connectivity index (χ0) is 25.1. The molecule has 0 aliphatic heterocycles. The molecule has 0 aliphatic carbocycles. The first-order valence-electron chi connectivity index (χ1n) is 13.0. The summed E-state index contributed by atoms with van der Waals surface area (Å²) >= 11 is 0. The highest BCUT2D eigenvalue weighted by Gasteiger charge is 2.17. The van der Waals surface area contributed by atoms with Crippen LogP contribution >= 0.6 is 0 Å². The van der Waals surface area contributed by atoms with Gasteiger partial charge < -0.3 is 0 Å². The van der Waals surface area contributed by atoms with Crippen molar-refractivity contribution < 1.29 is 0 Å². The molecule has 37 heavy (non-hydrogen) atoms. The molecule has 7 aromatic carbocycles. The maximum Gasteiger partial charge on any atom is -0.00261 e. The molecule has 0 saturated carbocycles. The highest BCUT2D eigenvalue weighted by atomic mass is 14.2. The van der Waals surface area contributed by atoms with E-state index in [1.807, 2.05) is 0 Å². The number of rotatable bonds is 2. The van der Waals surface area contributed by atoms with Crippen molar-refractivity contribution in [2.45, 2.75) is 20.8 Å². The number of hydrogen-bond acceptors (Lipinski definition) is 0. The van der Waals surface area contributed by atoms with Crippen molar-refractivity contribution in [1.82, 2.24) is 0 Å². The molecule has 0 unspecified atom stereocenters. The van der Waals surface area contributed by atoms with E-state index in [1.54, 1.807) is 0 Å². The standard InChI is InChI=1S/C37H28/c1-23-8-11-28-21-30(15-13-26(28)18-23)36-32-6-4-5-7-33(32)37(35-20-25(3)10-17-34(35)36)31-16-14-27-19-24(2)9-12-29(27)22-31/h4-22H,1-3H3. The Morgan fingerprint density at radius 3 is 1.30 bits per heavy atom. The minimum atomic E-state index is 1.27. The van der Waals surface area contributed by atoms with Crippen molar-refractivity contribution in [3.05, 3.63) is 132 Å². The summed E-state index contributed by atoms with van der Waals surface area (Å²) in [5.41, 5.74) is 9.03. The highest BCUT2D eigenvalue weighted by Crippen LogP contribution is 2.44. The van der Waals surface area contributed by atoms with Crippen LogP contribution in [0.3, 0.4) is 0 Å². The van der Waals surface area contributed by atoms with Gasteiger partial charge in [0.25, 0.3) is 0 Å². The van der Waals surface area contributed by atoms with Crippen LogP contribution in [-0.2, 0) is 0 Å². The highest BCUT2D eigenvalue weighted by molar-refractivity contribution is 6.22. The van der Waals surface area contributed by atoms with Gasteiger partial charge in [-0.2, -0.15) is 0 Å². The monoisotopic (exact) mass is 472 g/mol. The zero-order valence-electron chi connectivity index (χ0n) is 21.5. The van der Waals surface area contributed by atoms with Crippen molar-refractivity contribution in [3.63, 3.8) is 0 Å². The SMILES string of the molecule is Cc1ccc2cc(-c3c4ccccc4c(-c4ccc5cc(C)ccc5c4)c4cc(C)ccc34)ccc2c1. The Morgan fingerprint density at radius 2 is 0.730 bits per heavy atom. The fourth-order valence-electron chi connectivity index (χ4n) is 5.96. The topological polar surface area (TPSA) is 0 Å². The molecule has 0 fully saturated rings. The Hall–Kier alpha value is -4.42. The van der Waals surface area contributed by atoms with Gasteiger partial charge in [-0.1, -0.05) is 120 Å². The molecule has 7 rings (SSSR count). The van der Waals surface area contributed by atoms with Crippen molar-refractivity contribution in [1.29, 1.82) is 0 Å². The van der Waals surface area contributed by atoms with E-state index < -0.39 is 0 Å². The van der Waals surface area contributed by atoms with Gasteiger partial charge in [-0.25, -0.2) is 0 Å². The lowest BCUT2D eigenvalue weighted by atomic mass is 9.84. The first-order chi connectivity index (χ1) is 18.0. The maximum atomic E-state index is 2.37. The third kappa shape index (κ3) is 3.60. The van der Waals surface area contributed by atoms with Gasteiger partial charge in [0, 0.05) is 0 Å². The van der Waals surface area contributed by atoms with Gasteiger partial charge in [-0.15, -0.1) is 0 Å². The van der Waals surface area contributed by atoms with Gasteiger partial charge >= 0.3 is 0 Å². The van der Waals surface area contributed by atoms with Crippen LogP contribution in [0.15, 0.2) is 115 Å². The molecular formula is C37H28. The molecule has 0 saturated heterocycles. The van der Waals surface area contributed by atoms with Crippen molar-refractivity contribution in [2.24, 2.45) is 0 Å². The van der Waals surface area contributed by atoms with Gasteiger partial charge in [0.15, 0.2) is 0 Å². The Morgan fingerprint density at radius 1 is 0.324 bits per heavy atom. The van der Waals surface area contributed by atoms with Crippen LogP contribution < -0.4 is 0 Å². The second-order valence-electron chi connectivity index (χ2n) is 10.5. The summed E-state index contributed by atoms with van der Waals surface area (Å²) in [5, 5.41) is 10.3. The molecule has 176 valence electrons. The average Bonchev–Trinajstić information content (AvgIpc) is 2.91. The van der Waals surface area contributed by atoms with E-state index >= 15 is 0 Å². The molecule has 0 aliphatic rings. The summed E-state index contributed by atoms with van der Waals surface area (Å²) in [6.45, 7) is 6.51. The summed E-state index contributed by atoms with van der Waals surface area (Å²) in [5.74, 6) is 0. The lowest BCUT2D eigenvalue weighted by molar-refractivity contribution is 1.50. The summed E-state index contributed by atoms with van der Waals surface area (Å²) in [7, 11) is 0. The second kappa shape index (κ2) is 8.32. The van der Waals surface area contributed by atoms with E-state index in [2.05, 4.69) is 136 Å². The molecule has 0 N–H and O–H groups in total. The average molecular weight is 473 g/mol. The van der Waals surface area contributed by atoms with E-state index in [9.17, 15) is 0 Å². The minimum Gasteiger partial charge on any atom is -0.0616 e. The molecule has 0 radical (unpaired) electrons. The molecule has 7 aromatic rings. The van der Waals surface area contributed by atoms with Gasteiger partial charge in [0.05, 0.1) is 0 Å². The van der Waals surface area contributed by atoms with Gasteiger partial charge in [0.2, 0.25) is 0 Å². The summed E-state index contributed by atoms with van der Waals surface area (Å²) in [4.78, 5) is 0. The fraction of sp³-hybridized carbons (Fsp3) is 0.0811. The van der Waals surface area contributed by atoms with Crippen LogP contribution in [0.4, 0.5) is 0 Å². The minimum absolute atomic E-state index is 1.27. The van der Waals surface area contributed by atoms with Gasteiger partial charge in [-0.3, -0.25) is 0 Å². The Kier molecular flexibility index (Phi) is 4.91. The van der Waals surface area contributed by atoms with Crippen molar-refractivity contribution in [2.75, 3.05) is 0 Å². The molecule has 0 bridgehead atoms. The van der Waals surface area contributed by atoms with Crippen LogP contribution in [0.5, 0.6) is 0 Å². The van der Waals surface area contributed by atoms with Gasteiger partial charge in [0.1, 0.15) is 0 Å². The van der Waals surface area contributed by atoms with E-state index in [-0.39, 0.29) is 0 Å². The number of hydrogen-bond donors (Lipinski definition) is 0. The Labute approximate surface area is 217 Å². The number of benzene rings is 7. The molecule has 0 spiro atoms. The largest absolute Gasteiger partial charge is 0.0616 e. The predicted octanol–water partition coefficient (Wildman–Crippen LogP) is 10.6. The van der Waals surface area contributed by atoms with E-state index in [0.717, 1.165) is 0 Å². The van der Waals surface area contributed by atoms with Crippen LogP contribution in [0.25, 0.3) is 65.3 Å². The molecular weight excluding hydrogens is 444 g/mol. The van der Waals surface area contributed by atoms with Crippen LogP contribution in [-0.4, -0.2) is 0 Å². The normalized spacial score (nSPS) is 11.6. The molecule has 0 nitrogen and oxygen atoms in total. The first-order valence-corrected chi connectivity index (χ1v) is 13.0. The van der Waals surface area contributed by atoms with E-state index in [0.29, 0.717) is 0 Å². The van der Waals surface area contributed by atoms with E-state index in [1.165, 1.54) is 82.0 Å². The van der Waals surface area contributed by atoms with Crippen molar-refractivity contribution >= 4 is 43.1 Å². The third-order valence-corrected chi connectivity index (χ3v) is 7.75. The third-order valence-electron chi connectivity index (χ3n) is 7.75. The fourth-order valence-corrected chi connectivity index (χ4v) is 5.96. The smallest absolute Gasteiger partial charge is 0.00261 e. The molecule has 0 aromatic heterocycles. The first kappa shape index (κ1) is 21.8. The lowest BCUT2D eigenvalue weighted by Crippen LogP contribution is -1.92. The predicted molar refractivity (Wildman–Crippen MR) is 162 cm³/mol. The number of fused-ring (bicyclic) bond motifs is 4. The molecule has 0 amide bonds. The van der Waals surface area contributed by atoms with Crippen LogP contribution in [0.1, 0.15) is 16.7 Å². The zero-order valence-corrected chi connectivity index (χ0v) is 21.5. The molecule has 0 heterocycles. The summed E-state index contributed by atoms with van der Waals surface area (Å²) < 4.78 is 0. The quantitative estimate of drug-likeness (QED) is 0.220. The van der Waals surface area contributed by atoms with Gasteiger partial charge in [-0.05, 0) is 98.2 Å². The Bertz CT molecular complexity index is 2010. The summed E-state index contributed by atoms with van der Waals surface area (Å²) in [6, 6.07) is 43.1. The molecule has 0 atom stereocenters. The van der Waals surface area contributed by atoms with Crippen LogP contribution in [0.2, 0.25) is 0 Å². The number of aryl methyl sites for hydroxylation is 3. The lowest BCUT2D eigenvalue weighted by Gasteiger charge is -2.19. The van der Waals surface area contributed by atoms with Crippen molar-refractivity contribution in [3.8, 4) is 22.3 Å². The summed E-state index contributed by atoms with van der Waals surface area (Å²) in [6.07, 6.45) is 0.